The molecule has 0 bridgehead atoms. The highest BCUT2D eigenvalue weighted by molar-refractivity contribution is 4.97. The van der Waals surface area contributed by atoms with Crippen molar-refractivity contribution in [3.63, 3.8) is 0 Å². The van der Waals surface area contributed by atoms with Crippen molar-refractivity contribution in [3.05, 3.63) is 12.4 Å². The predicted octanol–water partition coefficient (Wildman–Crippen LogP) is 0.891. The van der Waals surface area contributed by atoms with Gasteiger partial charge >= 0.3 is 0 Å². The molecule has 1 N–H and O–H groups in total. The van der Waals surface area contributed by atoms with E-state index < -0.39 is 0 Å². The van der Waals surface area contributed by atoms with Gasteiger partial charge in [-0.1, -0.05) is 6.92 Å². The highest BCUT2D eigenvalue weighted by Gasteiger charge is 1.99. The molecule has 4 nitrogen and oxygen atoms in total. The van der Waals surface area contributed by atoms with Crippen LogP contribution in [0.3, 0.4) is 0 Å². The second-order valence-electron chi connectivity index (χ2n) is 2.70. The average Bonchev–Trinajstić information content (AvgIpc) is 2.60. The van der Waals surface area contributed by atoms with Crippen molar-refractivity contribution in [1.29, 1.82) is 0 Å². The number of aryl methyl sites for hydroxylation is 1. The van der Waals surface area contributed by atoms with E-state index in [1.165, 1.54) is 0 Å². The first-order valence-electron chi connectivity index (χ1n) is 4.73. The van der Waals surface area contributed by atoms with E-state index in [1.54, 1.807) is 6.20 Å². The summed E-state index contributed by atoms with van der Waals surface area (Å²) in [5.74, 6) is 0. The minimum atomic E-state index is 0.671. The smallest absolute Gasteiger partial charge is 0.296 e. The van der Waals surface area contributed by atoms with Gasteiger partial charge in [0, 0.05) is 25.5 Å². The fourth-order valence-electron chi connectivity index (χ4n) is 1.07. The molecule has 0 amide bonds. The quantitative estimate of drug-likeness (QED) is 0.666. The summed E-state index contributed by atoms with van der Waals surface area (Å²) in [5, 5.41) is 3.19. The summed E-state index contributed by atoms with van der Waals surface area (Å²) in [4.78, 5) is 4.10. The summed E-state index contributed by atoms with van der Waals surface area (Å²) < 4.78 is 7.44. The first kappa shape index (κ1) is 10.1. The Morgan fingerprint density at radius 2 is 2.38 bits per heavy atom. The highest BCUT2D eigenvalue weighted by Crippen LogP contribution is 2.05. The van der Waals surface area contributed by atoms with Crippen molar-refractivity contribution in [2.75, 3.05) is 19.7 Å². The van der Waals surface area contributed by atoms with E-state index in [0.29, 0.717) is 12.6 Å². The molecule has 1 rings (SSSR count). The lowest BCUT2D eigenvalue weighted by atomic mass is 10.6. The third-order valence-corrected chi connectivity index (χ3v) is 1.78. The van der Waals surface area contributed by atoms with E-state index in [2.05, 4.69) is 24.1 Å². The molecular formula is C9H17N3O. The van der Waals surface area contributed by atoms with Crippen molar-refractivity contribution < 1.29 is 4.74 Å². The summed E-state index contributed by atoms with van der Waals surface area (Å²) in [7, 11) is 0. The van der Waals surface area contributed by atoms with Crippen molar-refractivity contribution >= 4 is 0 Å². The minimum absolute atomic E-state index is 0.671. The van der Waals surface area contributed by atoms with E-state index in [0.717, 1.165) is 19.6 Å². The van der Waals surface area contributed by atoms with Crippen LogP contribution in [0.4, 0.5) is 0 Å². The maximum absolute atomic E-state index is 5.46. The zero-order valence-corrected chi connectivity index (χ0v) is 8.29. The van der Waals surface area contributed by atoms with Gasteiger partial charge in [0.1, 0.15) is 6.61 Å². The molecular weight excluding hydrogens is 166 g/mol. The lowest BCUT2D eigenvalue weighted by Crippen LogP contribution is -2.21. The normalized spacial score (nSPS) is 10.3. The number of aromatic nitrogens is 2. The molecule has 13 heavy (non-hydrogen) atoms. The van der Waals surface area contributed by atoms with Gasteiger partial charge in [-0.15, -0.1) is 0 Å². The fourth-order valence-corrected chi connectivity index (χ4v) is 1.07. The van der Waals surface area contributed by atoms with Crippen LogP contribution >= 0.6 is 0 Å². The molecule has 0 radical (unpaired) electrons. The Hall–Kier alpha value is -1.03. The average molecular weight is 183 g/mol. The lowest BCUT2D eigenvalue weighted by molar-refractivity contribution is 0.278. The molecule has 0 saturated carbocycles. The monoisotopic (exact) mass is 183 g/mol. The van der Waals surface area contributed by atoms with Gasteiger partial charge in [-0.05, 0) is 13.5 Å². The van der Waals surface area contributed by atoms with Gasteiger partial charge in [-0.3, -0.25) is 0 Å². The van der Waals surface area contributed by atoms with Crippen LogP contribution in [0.25, 0.3) is 0 Å². The summed E-state index contributed by atoms with van der Waals surface area (Å²) >= 11 is 0. The predicted molar refractivity (Wildman–Crippen MR) is 51.9 cm³/mol. The van der Waals surface area contributed by atoms with E-state index in [1.807, 2.05) is 10.8 Å². The van der Waals surface area contributed by atoms with Crippen LogP contribution in [-0.2, 0) is 6.54 Å². The highest BCUT2D eigenvalue weighted by atomic mass is 16.5. The lowest BCUT2D eigenvalue weighted by Gasteiger charge is -2.06. The van der Waals surface area contributed by atoms with E-state index in [9.17, 15) is 0 Å². The topological polar surface area (TPSA) is 39.1 Å². The molecule has 1 aromatic heterocycles. The molecule has 0 aliphatic rings. The molecule has 0 atom stereocenters. The molecule has 74 valence electrons. The maximum Gasteiger partial charge on any atom is 0.296 e. The molecule has 1 aromatic rings. The van der Waals surface area contributed by atoms with E-state index >= 15 is 0 Å². The number of imidazole rings is 1. The Morgan fingerprint density at radius 3 is 3.08 bits per heavy atom. The van der Waals surface area contributed by atoms with Gasteiger partial charge in [0.2, 0.25) is 0 Å². The Balaban J connectivity index is 2.27. The molecule has 0 aromatic carbocycles. The molecule has 0 spiro atoms. The number of nitrogens with one attached hydrogen (secondary N) is 1. The SMILES string of the molecule is CCNCCOc1nccn1CC. The fraction of sp³-hybridized carbons (Fsp3) is 0.667. The van der Waals surface area contributed by atoms with Crippen LogP contribution < -0.4 is 10.1 Å². The van der Waals surface area contributed by atoms with Crippen LogP contribution in [0.1, 0.15) is 13.8 Å². The number of likely N-dealkylation sites (N-methyl/N-ethyl adjacent to an activating group) is 1. The van der Waals surface area contributed by atoms with E-state index in [-0.39, 0.29) is 0 Å². The van der Waals surface area contributed by atoms with Crippen molar-refractivity contribution in [2.24, 2.45) is 0 Å². The molecule has 0 aliphatic heterocycles. The van der Waals surface area contributed by atoms with Gasteiger partial charge in [-0.2, -0.15) is 0 Å². The minimum Gasteiger partial charge on any atom is -0.463 e. The van der Waals surface area contributed by atoms with Crippen molar-refractivity contribution in [1.82, 2.24) is 14.9 Å². The first-order chi connectivity index (χ1) is 6.38. The van der Waals surface area contributed by atoms with Crippen LogP contribution in [0, 0.1) is 0 Å². The Kier molecular flexibility index (Phi) is 4.32. The zero-order valence-electron chi connectivity index (χ0n) is 8.29. The standard InChI is InChI=1S/C9H17N3O/c1-3-10-6-8-13-9-11-5-7-12(9)4-2/h5,7,10H,3-4,6,8H2,1-2H3. The van der Waals surface area contributed by atoms with E-state index in [4.69, 9.17) is 4.74 Å². The summed E-state index contributed by atoms with van der Waals surface area (Å²) in [6.07, 6.45) is 3.68. The molecule has 0 fully saturated rings. The van der Waals surface area contributed by atoms with Gasteiger partial charge in [0.15, 0.2) is 0 Å². The van der Waals surface area contributed by atoms with Crippen LogP contribution in [-0.4, -0.2) is 29.2 Å². The van der Waals surface area contributed by atoms with Crippen molar-refractivity contribution in [3.8, 4) is 6.01 Å². The summed E-state index contributed by atoms with van der Waals surface area (Å²) in [6.45, 7) is 7.56. The Labute approximate surface area is 78.9 Å². The first-order valence-corrected chi connectivity index (χ1v) is 4.73. The zero-order chi connectivity index (χ0) is 9.52. The van der Waals surface area contributed by atoms with Crippen LogP contribution in [0.15, 0.2) is 12.4 Å². The number of ether oxygens (including phenoxy) is 1. The third-order valence-electron chi connectivity index (χ3n) is 1.78. The Bertz CT molecular complexity index is 235. The second-order valence-corrected chi connectivity index (χ2v) is 2.70. The summed E-state index contributed by atoms with van der Waals surface area (Å²) in [6, 6.07) is 0.709. The second kappa shape index (κ2) is 5.59. The molecule has 0 saturated heterocycles. The largest absolute Gasteiger partial charge is 0.463 e. The summed E-state index contributed by atoms with van der Waals surface area (Å²) in [5.41, 5.74) is 0. The Morgan fingerprint density at radius 1 is 1.54 bits per heavy atom. The van der Waals surface area contributed by atoms with Gasteiger partial charge in [-0.25, -0.2) is 4.98 Å². The number of rotatable bonds is 6. The number of hydrogen-bond donors (Lipinski definition) is 1. The number of nitrogens with zero attached hydrogens (tertiary/aromatic N) is 2. The van der Waals surface area contributed by atoms with Gasteiger partial charge in [0.05, 0.1) is 0 Å². The maximum atomic E-state index is 5.46. The molecule has 0 aliphatic carbocycles. The van der Waals surface area contributed by atoms with Gasteiger partial charge in [0.25, 0.3) is 6.01 Å². The third kappa shape index (κ3) is 3.06. The van der Waals surface area contributed by atoms with Crippen LogP contribution in [0.2, 0.25) is 0 Å². The molecule has 1 heterocycles. The van der Waals surface area contributed by atoms with Gasteiger partial charge < -0.3 is 14.6 Å². The van der Waals surface area contributed by atoms with Crippen molar-refractivity contribution in [2.45, 2.75) is 20.4 Å². The molecule has 0 unspecified atom stereocenters. The number of hydrogen-bond acceptors (Lipinski definition) is 3. The van der Waals surface area contributed by atoms with Crippen LogP contribution in [0.5, 0.6) is 6.01 Å². The molecule has 4 heteroatoms.